The Labute approximate surface area is 136 Å². The van der Waals surface area contributed by atoms with E-state index in [0.29, 0.717) is 30.3 Å². The molecule has 0 atom stereocenters. The highest BCUT2D eigenvalue weighted by Gasteiger charge is 2.12. The number of hydrogen-bond acceptors (Lipinski definition) is 4. The quantitative estimate of drug-likeness (QED) is 0.546. The van der Waals surface area contributed by atoms with Gasteiger partial charge in [-0.3, -0.25) is 0 Å². The van der Waals surface area contributed by atoms with E-state index in [9.17, 15) is 4.79 Å². The molecule has 0 aliphatic carbocycles. The molecule has 0 aliphatic heterocycles. The molecule has 0 bridgehead atoms. The lowest BCUT2D eigenvalue weighted by atomic mass is 10.2. The summed E-state index contributed by atoms with van der Waals surface area (Å²) in [6.45, 7) is 6.48. The van der Waals surface area contributed by atoms with Gasteiger partial charge in [-0.15, -0.1) is 0 Å². The molecular weight excluding hydrogens is 292 g/mol. The molecule has 0 amide bonds. The van der Waals surface area contributed by atoms with Crippen molar-refractivity contribution in [2.75, 3.05) is 13.2 Å². The fraction of sp³-hybridized carbons (Fsp3) is 0.211. The van der Waals surface area contributed by atoms with E-state index in [1.54, 1.807) is 18.2 Å². The molecule has 0 aromatic heterocycles. The number of esters is 1. The van der Waals surface area contributed by atoms with Crippen LogP contribution >= 0.6 is 0 Å². The van der Waals surface area contributed by atoms with Gasteiger partial charge in [0.05, 0.1) is 12.2 Å². The molecule has 2 rings (SSSR count). The lowest BCUT2D eigenvalue weighted by Gasteiger charge is -2.13. The molecule has 120 valence electrons. The normalized spacial score (nSPS) is 9.96. The fourth-order valence-electron chi connectivity index (χ4n) is 1.98. The Morgan fingerprint density at radius 3 is 2.57 bits per heavy atom. The largest absolute Gasteiger partial charge is 0.490 e. The Morgan fingerprint density at radius 1 is 1.09 bits per heavy atom. The van der Waals surface area contributed by atoms with Crippen LogP contribution in [0.2, 0.25) is 0 Å². The van der Waals surface area contributed by atoms with Crippen LogP contribution in [0.3, 0.4) is 0 Å². The molecule has 4 nitrogen and oxygen atoms in total. The molecule has 0 heterocycles. The van der Waals surface area contributed by atoms with Crippen LogP contribution in [-0.4, -0.2) is 19.2 Å². The van der Waals surface area contributed by atoms with Crippen LogP contribution in [-0.2, 0) is 11.3 Å². The lowest BCUT2D eigenvalue weighted by molar-refractivity contribution is 0.0549. The zero-order valence-corrected chi connectivity index (χ0v) is 13.2. The van der Waals surface area contributed by atoms with Crippen LogP contribution in [0.4, 0.5) is 0 Å². The van der Waals surface area contributed by atoms with Crippen molar-refractivity contribution in [3.63, 3.8) is 0 Å². The molecule has 0 saturated heterocycles. The highest BCUT2D eigenvalue weighted by Crippen LogP contribution is 2.29. The van der Waals surface area contributed by atoms with Crippen LogP contribution in [0.15, 0.2) is 61.2 Å². The van der Waals surface area contributed by atoms with Crippen LogP contribution < -0.4 is 9.47 Å². The summed E-state index contributed by atoms with van der Waals surface area (Å²) >= 11 is 0. The summed E-state index contributed by atoms with van der Waals surface area (Å²) in [6, 6.07) is 14.9. The van der Waals surface area contributed by atoms with Gasteiger partial charge in [0.15, 0.2) is 11.5 Å². The van der Waals surface area contributed by atoms with Crippen molar-refractivity contribution in [2.24, 2.45) is 0 Å². The van der Waals surface area contributed by atoms with E-state index in [2.05, 4.69) is 6.58 Å². The summed E-state index contributed by atoms with van der Waals surface area (Å²) in [6.07, 6.45) is 1.53. The highest BCUT2D eigenvalue weighted by atomic mass is 16.5. The van der Waals surface area contributed by atoms with Crippen LogP contribution in [0.5, 0.6) is 11.5 Å². The summed E-state index contributed by atoms with van der Waals surface area (Å²) in [4.78, 5) is 11.9. The molecule has 0 fully saturated rings. The van der Waals surface area contributed by atoms with E-state index in [4.69, 9.17) is 14.2 Å². The highest BCUT2D eigenvalue weighted by molar-refractivity contribution is 5.90. The topological polar surface area (TPSA) is 44.8 Å². The molecular formula is C19H20O4. The third-order valence-electron chi connectivity index (χ3n) is 3.05. The second-order valence-electron chi connectivity index (χ2n) is 4.76. The van der Waals surface area contributed by atoms with Crippen LogP contribution in [0, 0.1) is 0 Å². The SMILES string of the molecule is C=CCOC(=O)c1ccc(OCc2ccccc2)c(OCC)c1. The first-order valence-electron chi connectivity index (χ1n) is 7.46. The molecule has 4 heteroatoms. The number of rotatable bonds is 8. The first-order chi connectivity index (χ1) is 11.2. The van der Waals surface area contributed by atoms with Gasteiger partial charge in [0.2, 0.25) is 0 Å². The van der Waals surface area contributed by atoms with Gasteiger partial charge < -0.3 is 14.2 Å². The lowest BCUT2D eigenvalue weighted by Crippen LogP contribution is -2.06. The molecule has 0 aliphatic rings. The van der Waals surface area contributed by atoms with Gasteiger partial charge in [0, 0.05) is 0 Å². The second kappa shape index (κ2) is 8.63. The van der Waals surface area contributed by atoms with Crippen molar-refractivity contribution in [3.8, 4) is 11.5 Å². The number of hydrogen-bond donors (Lipinski definition) is 0. The fourth-order valence-corrected chi connectivity index (χ4v) is 1.98. The number of carbonyl (C=O) groups excluding carboxylic acids is 1. The molecule has 0 unspecified atom stereocenters. The summed E-state index contributed by atoms with van der Waals surface area (Å²) in [5, 5.41) is 0. The van der Waals surface area contributed by atoms with Crippen molar-refractivity contribution in [1.82, 2.24) is 0 Å². The van der Waals surface area contributed by atoms with Crippen molar-refractivity contribution >= 4 is 5.97 Å². The zero-order valence-electron chi connectivity index (χ0n) is 13.2. The molecule has 0 N–H and O–H groups in total. The minimum absolute atomic E-state index is 0.176. The van der Waals surface area contributed by atoms with E-state index in [0.717, 1.165) is 5.56 Å². The van der Waals surface area contributed by atoms with E-state index in [-0.39, 0.29) is 6.61 Å². The van der Waals surface area contributed by atoms with Gasteiger partial charge in [0.1, 0.15) is 13.2 Å². The summed E-state index contributed by atoms with van der Waals surface area (Å²) in [7, 11) is 0. The maximum absolute atomic E-state index is 11.9. The van der Waals surface area contributed by atoms with E-state index < -0.39 is 5.97 Å². The standard InChI is InChI=1S/C19H20O4/c1-3-12-22-19(20)16-10-11-17(18(13-16)21-4-2)23-14-15-8-6-5-7-9-15/h3,5-11,13H,1,4,12,14H2,2H3. The Kier molecular flexibility index (Phi) is 6.24. The molecule has 23 heavy (non-hydrogen) atoms. The Bertz CT molecular complexity index is 650. The van der Waals surface area contributed by atoms with Crippen LogP contribution in [0.1, 0.15) is 22.8 Å². The molecule has 0 spiro atoms. The first kappa shape index (κ1) is 16.6. The average molecular weight is 312 g/mol. The molecule has 0 saturated carbocycles. The Balaban J connectivity index is 2.12. The third kappa shape index (κ3) is 4.88. The number of benzene rings is 2. The number of carbonyl (C=O) groups is 1. The van der Waals surface area contributed by atoms with Gasteiger partial charge in [-0.1, -0.05) is 43.0 Å². The Hall–Kier alpha value is -2.75. The van der Waals surface area contributed by atoms with Gasteiger partial charge in [-0.2, -0.15) is 0 Å². The van der Waals surface area contributed by atoms with Crippen molar-refractivity contribution in [1.29, 1.82) is 0 Å². The van der Waals surface area contributed by atoms with Crippen LogP contribution in [0.25, 0.3) is 0 Å². The van der Waals surface area contributed by atoms with Gasteiger partial charge in [0.25, 0.3) is 0 Å². The minimum Gasteiger partial charge on any atom is -0.490 e. The summed E-state index contributed by atoms with van der Waals surface area (Å²) < 4.78 is 16.4. The maximum atomic E-state index is 11.9. The molecule has 2 aromatic rings. The zero-order chi connectivity index (χ0) is 16.5. The van der Waals surface area contributed by atoms with Gasteiger partial charge in [-0.25, -0.2) is 4.79 Å². The van der Waals surface area contributed by atoms with Crippen molar-refractivity contribution in [2.45, 2.75) is 13.5 Å². The second-order valence-corrected chi connectivity index (χ2v) is 4.76. The smallest absolute Gasteiger partial charge is 0.338 e. The summed E-state index contributed by atoms with van der Waals surface area (Å²) in [5.41, 5.74) is 1.48. The maximum Gasteiger partial charge on any atom is 0.338 e. The third-order valence-corrected chi connectivity index (χ3v) is 3.05. The monoisotopic (exact) mass is 312 g/mol. The summed E-state index contributed by atoms with van der Waals surface area (Å²) in [5.74, 6) is 0.702. The van der Waals surface area contributed by atoms with E-state index in [1.807, 2.05) is 37.3 Å². The number of ether oxygens (including phenoxy) is 3. The minimum atomic E-state index is -0.416. The predicted octanol–water partition coefficient (Wildman–Crippen LogP) is 4.01. The predicted molar refractivity (Wildman–Crippen MR) is 88.9 cm³/mol. The van der Waals surface area contributed by atoms with Gasteiger partial charge >= 0.3 is 5.97 Å². The average Bonchev–Trinajstić information content (AvgIpc) is 2.59. The van der Waals surface area contributed by atoms with E-state index >= 15 is 0 Å². The first-order valence-corrected chi connectivity index (χ1v) is 7.46. The molecule has 0 radical (unpaired) electrons. The van der Waals surface area contributed by atoms with E-state index in [1.165, 1.54) is 6.08 Å². The molecule has 2 aromatic carbocycles. The van der Waals surface area contributed by atoms with Crippen molar-refractivity contribution < 1.29 is 19.0 Å². The van der Waals surface area contributed by atoms with Crippen molar-refractivity contribution in [3.05, 3.63) is 72.3 Å². The Morgan fingerprint density at radius 2 is 1.87 bits per heavy atom. The van der Waals surface area contributed by atoms with Gasteiger partial charge in [-0.05, 0) is 30.7 Å².